The van der Waals surface area contributed by atoms with Gasteiger partial charge in [0.25, 0.3) is 0 Å². The second-order valence-electron chi connectivity index (χ2n) is 7.90. The number of aliphatic hydroxyl groups excluding tert-OH is 1. The van der Waals surface area contributed by atoms with Crippen LogP contribution in [0.3, 0.4) is 0 Å². The Hall–Kier alpha value is -2.72. The van der Waals surface area contributed by atoms with E-state index in [0.29, 0.717) is 6.42 Å². The van der Waals surface area contributed by atoms with Crippen LogP contribution in [-0.2, 0) is 12.8 Å². The predicted molar refractivity (Wildman–Crippen MR) is 110 cm³/mol. The zero-order valence-corrected chi connectivity index (χ0v) is 16.3. The Morgan fingerprint density at radius 2 is 1.86 bits per heavy atom. The van der Waals surface area contributed by atoms with E-state index in [4.69, 9.17) is 0 Å². The number of benzene rings is 2. The summed E-state index contributed by atoms with van der Waals surface area (Å²) in [5, 5.41) is 15.6. The second kappa shape index (κ2) is 7.36. The second-order valence-corrected chi connectivity index (χ2v) is 7.90. The number of hydrogen-bond acceptors (Lipinski definition) is 2. The highest BCUT2D eigenvalue weighted by Crippen LogP contribution is 2.42. The van der Waals surface area contributed by atoms with Gasteiger partial charge < -0.3 is 5.11 Å². The van der Waals surface area contributed by atoms with Gasteiger partial charge in [-0.25, -0.2) is 9.07 Å². The molecule has 1 heterocycles. The maximum absolute atomic E-state index is 13.2. The topological polar surface area (TPSA) is 38.0 Å². The van der Waals surface area contributed by atoms with Crippen LogP contribution in [0.5, 0.6) is 0 Å². The Morgan fingerprint density at radius 3 is 2.57 bits per heavy atom. The van der Waals surface area contributed by atoms with Gasteiger partial charge in [0.1, 0.15) is 5.82 Å². The third kappa shape index (κ3) is 3.40. The van der Waals surface area contributed by atoms with Gasteiger partial charge in [-0.2, -0.15) is 5.10 Å². The molecule has 0 aliphatic heterocycles. The van der Waals surface area contributed by atoms with Gasteiger partial charge in [0, 0.05) is 5.41 Å². The first kappa shape index (κ1) is 18.6. The van der Waals surface area contributed by atoms with Gasteiger partial charge in [0.15, 0.2) is 0 Å². The first-order valence-electron chi connectivity index (χ1n) is 9.71. The summed E-state index contributed by atoms with van der Waals surface area (Å²) in [6, 6.07) is 16.6. The molecule has 4 rings (SSSR count). The average molecular weight is 376 g/mol. The molecule has 3 aromatic rings. The highest BCUT2D eigenvalue weighted by atomic mass is 19.1. The SMILES string of the molecule is CC1=Cc2c(cnn2-c2ccc(F)cc2)CC1(C)[C@H](O)CCc1ccccc1. The Balaban J connectivity index is 1.57. The van der Waals surface area contributed by atoms with Crippen LogP contribution in [0.15, 0.2) is 66.4 Å². The molecule has 2 atom stereocenters. The van der Waals surface area contributed by atoms with Gasteiger partial charge in [-0.05, 0) is 67.7 Å². The van der Waals surface area contributed by atoms with Crippen LogP contribution in [0.25, 0.3) is 11.8 Å². The van der Waals surface area contributed by atoms with Crippen molar-refractivity contribution in [3.05, 3.63) is 89.0 Å². The van der Waals surface area contributed by atoms with E-state index in [1.807, 2.05) is 29.1 Å². The minimum absolute atomic E-state index is 0.259. The number of rotatable bonds is 5. The lowest BCUT2D eigenvalue weighted by molar-refractivity contribution is 0.0550. The number of aryl methyl sites for hydroxylation is 1. The van der Waals surface area contributed by atoms with Crippen LogP contribution in [0.4, 0.5) is 4.39 Å². The Bertz CT molecular complexity index is 991. The minimum Gasteiger partial charge on any atom is -0.392 e. The van der Waals surface area contributed by atoms with Gasteiger partial charge in [0.05, 0.1) is 23.7 Å². The standard InChI is InChI=1S/C24H25FN2O/c1-17-14-22-19(16-26-27(22)21-11-9-20(25)10-12-21)15-24(17,2)23(28)13-8-18-6-4-3-5-7-18/h3-7,9-12,14,16,23,28H,8,13,15H2,1-2H3/t23-,24?/m1/s1. The Morgan fingerprint density at radius 1 is 1.14 bits per heavy atom. The first-order chi connectivity index (χ1) is 13.5. The van der Waals surface area contributed by atoms with Crippen molar-refractivity contribution in [2.75, 3.05) is 0 Å². The van der Waals surface area contributed by atoms with Crippen LogP contribution < -0.4 is 0 Å². The molecule has 1 aliphatic rings. The highest BCUT2D eigenvalue weighted by Gasteiger charge is 2.38. The van der Waals surface area contributed by atoms with Crippen molar-refractivity contribution >= 4 is 6.08 Å². The molecule has 1 N–H and O–H groups in total. The minimum atomic E-state index is -0.439. The lowest BCUT2D eigenvalue weighted by atomic mass is 9.69. The molecule has 0 radical (unpaired) electrons. The summed E-state index contributed by atoms with van der Waals surface area (Å²) in [5.41, 5.74) is 5.02. The summed E-state index contributed by atoms with van der Waals surface area (Å²) in [6.07, 6.45) is 5.85. The van der Waals surface area contributed by atoms with Crippen molar-refractivity contribution in [3.8, 4) is 5.69 Å². The van der Waals surface area contributed by atoms with Crippen molar-refractivity contribution in [1.29, 1.82) is 0 Å². The summed E-state index contributed by atoms with van der Waals surface area (Å²) in [4.78, 5) is 0. The van der Waals surface area contributed by atoms with E-state index < -0.39 is 6.10 Å². The Kier molecular flexibility index (Phi) is 4.90. The van der Waals surface area contributed by atoms with Crippen LogP contribution in [0.1, 0.15) is 37.1 Å². The molecule has 28 heavy (non-hydrogen) atoms. The maximum atomic E-state index is 13.2. The Labute approximate surface area is 165 Å². The molecule has 0 saturated carbocycles. The molecule has 1 aliphatic carbocycles. The summed E-state index contributed by atoms with van der Waals surface area (Å²) in [7, 11) is 0. The highest BCUT2D eigenvalue weighted by molar-refractivity contribution is 5.60. The summed E-state index contributed by atoms with van der Waals surface area (Å²) in [5.74, 6) is -0.259. The fraction of sp³-hybridized carbons (Fsp3) is 0.292. The largest absolute Gasteiger partial charge is 0.392 e. The predicted octanol–water partition coefficient (Wildman–Crippen LogP) is 4.97. The normalized spacial score (nSPS) is 19.8. The molecule has 0 bridgehead atoms. The molecule has 3 nitrogen and oxygen atoms in total. The molecule has 144 valence electrons. The third-order valence-corrected chi connectivity index (χ3v) is 6.05. The van der Waals surface area contributed by atoms with Crippen molar-refractivity contribution in [2.45, 2.75) is 39.2 Å². The zero-order chi connectivity index (χ0) is 19.7. The maximum Gasteiger partial charge on any atom is 0.123 e. The molecular formula is C24H25FN2O. The number of hydrogen-bond donors (Lipinski definition) is 1. The summed E-state index contributed by atoms with van der Waals surface area (Å²) >= 11 is 0. The van der Waals surface area contributed by atoms with E-state index in [9.17, 15) is 9.50 Å². The van der Waals surface area contributed by atoms with E-state index in [1.54, 1.807) is 12.1 Å². The van der Waals surface area contributed by atoms with E-state index in [0.717, 1.165) is 35.4 Å². The van der Waals surface area contributed by atoms with Crippen LogP contribution in [0.2, 0.25) is 0 Å². The third-order valence-electron chi connectivity index (χ3n) is 6.05. The molecular weight excluding hydrogens is 351 g/mol. The number of nitrogens with zero attached hydrogens (tertiary/aromatic N) is 2. The van der Waals surface area contributed by atoms with Crippen molar-refractivity contribution < 1.29 is 9.50 Å². The fourth-order valence-corrected chi connectivity index (χ4v) is 4.02. The number of aliphatic hydroxyl groups is 1. The molecule has 0 fully saturated rings. The number of fused-ring (bicyclic) bond motifs is 1. The summed E-state index contributed by atoms with van der Waals surface area (Å²) in [6.45, 7) is 4.21. The van der Waals surface area contributed by atoms with Gasteiger partial charge in [0.2, 0.25) is 0 Å². The molecule has 4 heteroatoms. The van der Waals surface area contributed by atoms with Crippen molar-refractivity contribution in [2.24, 2.45) is 5.41 Å². The monoisotopic (exact) mass is 376 g/mol. The van der Waals surface area contributed by atoms with Crippen molar-refractivity contribution in [1.82, 2.24) is 9.78 Å². The zero-order valence-electron chi connectivity index (χ0n) is 16.3. The van der Waals surface area contributed by atoms with Gasteiger partial charge in [-0.1, -0.05) is 42.8 Å². The van der Waals surface area contributed by atoms with E-state index in [1.165, 1.54) is 17.7 Å². The van der Waals surface area contributed by atoms with Gasteiger partial charge >= 0.3 is 0 Å². The molecule has 0 amide bonds. The van der Waals surface area contributed by atoms with Gasteiger partial charge in [-0.3, -0.25) is 0 Å². The van der Waals surface area contributed by atoms with Crippen LogP contribution in [-0.4, -0.2) is 21.0 Å². The lowest BCUT2D eigenvalue weighted by Gasteiger charge is -2.38. The first-order valence-corrected chi connectivity index (χ1v) is 9.71. The molecule has 1 unspecified atom stereocenters. The molecule has 1 aromatic heterocycles. The quantitative estimate of drug-likeness (QED) is 0.683. The number of aromatic nitrogens is 2. The molecule has 0 saturated heterocycles. The van der Waals surface area contributed by atoms with Crippen LogP contribution in [0, 0.1) is 11.2 Å². The van der Waals surface area contributed by atoms with Gasteiger partial charge in [-0.15, -0.1) is 0 Å². The lowest BCUT2D eigenvalue weighted by Crippen LogP contribution is -2.37. The molecule has 2 aromatic carbocycles. The number of halogens is 1. The van der Waals surface area contributed by atoms with Crippen LogP contribution >= 0.6 is 0 Å². The summed E-state index contributed by atoms with van der Waals surface area (Å²) < 4.78 is 15.1. The molecule has 0 spiro atoms. The fourth-order valence-electron chi connectivity index (χ4n) is 4.02. The smallest absolute Gasteiger partial charge is 0.123 e. The van der Waals surface area contributed by atoms with Crippen molar-refractivity contribution in [3.63, 3.8) is 0 Å². The van der Waals surface area contributed by atoms with E-state index in [2.05, 4.69) is 37.2 Å². The average Bonchev–Trinajstić information content (AvgIpc) is 3.10. The van der Waals surface area contributed by atoms with E-state index in [-0.39, 0.29) is 11.2 Å². The van der Waals surface area contributed by atoms with E-state index >= 15 is 0 Å².